The molecule has 2 unspecified atom stereocenters. The molecule has 0 aromatic heterocycles. The quantitative estimate of drug-likeness (QED) is 0.484. The minimum absolute atomic E-state index is 0.500. The average Bonchev–Trinajstić information content (AvgIpc) is 2.52. The average molecular weight is 128 g/mol. The number of epoxide rings is 1. The number of hydrogen-bond acceptors (Lipinski definition) is 1. The van der Waals surface area contributed by atoms with Gasteiger partial charge in [0.1, 0.15) is 12.8 Å². The van der Waals surface area contributed by atoms with Gasteiger partial charge in [-0.15, -0.1) is 0 Å². The van der Waals surface area contributed by atoms with Crippen molar-refractivity contribution in [2.24, 2.45) is 0 Å². The molecule has 0 radical (unpaired) electrons. The molecule has 4 heteroatoms. The van der Waals surface area contributed by atoms with Crippen molar-refractivity contribution < 1.29 is 17.9 Å². The maximum Gasteiger partial charge on any atom is 0.228 e. The summed E-state index contributed by atoms with van der Waals surface area (Å²) >= 11 is 0. The van der Waals surface area contributed by atoms with Crippen molar-refractivity contribution in [2.45, 2.75) is 12.5 Å². The molecule has 1 fully saturated rings. The van der Waals surface area contributed by atoms with Crippen LogP contribution in [-0.4, -0.2) is 26.3 Å². The SMILES string of the molecule is CF.FCC1OC1F. The van der Waals surface area contributed by atoms with Gasteiger partial charge < -0.3 is 4.74 Å². The van der Waals surface area contributed by atoms with Crippen LogP contribution in [-0.2, 0) is 4.74 Å². The summed E-state index contributed by atoms with van der Waals surface area (Å²) in [7, 11) is 0.500. The Morgan fingerprint density at radius 2 is 1.88 bits per heavy atom. The van der Waals surface area contributed by atoms with Crippen molar-refractivity contribution in [3.63, 3.8) is 0 Å². The van der Waals surface area contributed by atoms with Crippen molar-refractivity contribution in [1.82, 2.24) is 0 Å². The second-order valence-electron chi connectivity index (χ2n) is 1.18. The Kier molecular flexibility index (Phi) is 3.60. The summed E-state index contributed by atoms with van der Waals surface area (Å²) in [6.07, 6.45) is -2.04. The van der Waals surface area contributed by atoms with Crippen molar-refractivity contribution in [1.29, 1.82) is 0 Å². The second-order valence-corrected chi connectivity index (χ2v) is 1.18. The molecule has 1 aliphatic rings. The first-order chi connectivity index (χ1) is 3.84. The highest BCUT2D eigenvalue weighted by Crippen LogP contribution is 2.22. The van der Waals surface area contributed by atoms with Gasteiger partial charge in [0.15, 0.2) is 0 Å². The summed E-state index contributed by atoms with van der Waals surface area (Å²) in [5, 5.41) is 0. The third kappa shape index (κ3) is 2.16. The van der Waals surface area contributed by atoms with E-state index in [9.17, 15) is 13.2 Å². The molecule has 0 aromatic rings. The molecule has 0 spiro atoms. The van der Waals surface area contributed by atoms with Gasteiger partial charge in [-0.1, -0.05) is 0 Å². The predicted octanol–water partition coefficient (Wildman–Crippen LogP) is 1.24. The Morgan fingerprint density at radius 1 is 1.50 bits per heavy atom. The highest BCUT2D eigenvalue weighted by atomic mass is 19.2. The van der Waals surface area contributed by atoms with Crippen LogP contribution < -0.4 is 0 Å². The van der Waals surface area contributed by atoms with Crippen molar-refractivity contribution in [3.05, 3.63) is 0 Å². The standard InChI is InChI=1S/C3H4F2O.CH3F/c4-1-2-3(5)6-2;1-2/h2-3H,1H2;1H3. The monoisotopic (exact) mass is 128 g/mol. The number of alkyl halides is 3. The van der Waals surface area contributed by atoms with E-state index in [-0.39, 0.29) is 0 Å². The van der Waals surface area contributed by atoms with E-state index in [0.29, 0.717) is 7.18 Å². The van der Waals surface area contributed by atoms with Gasteiger partial charge in [0.2, 0.25) is 6.36 Å². The number of ether oxygens (including phenoxy) is 1. The molecule has 1 saturated heterocycles. The van der Waals surface area contributed by atoms with Crippen LogP contribution in [0.4, 0.5) is 13.2 Å². The Morgan fingerprint density at radius 3 is 1.88 bits per heavy atom. The van der Waals surface area contributed by atoms with E-state index in [4.69, 9.17) is 0 Å². The lowest BCUT2D eigenvalue weighted by atomic mass is 10.5. The summed E-state index contributed by atoms with van der Waals surface area (Å²) in [4.78, 5) is 0. The molecule has 1 nitrogen and oxygen atoms in total. The molecule has 0 saturated carbocycles. The molecule has 0 N–H and O–H groups in total. The fourth-order valence-electron chi connectivity index (χ4n) is 0.228. The maximum absolute atomic E-state index is 11.3. The maximum atomic E-state index is 11.3. The van der Waals surface area contributed by atoms with E-state index < -0.39 is 19.1 Å². The molecule has 0 aromatic carbocycles. The highest BCUT2D eigenvalue weighted by molar-refractivity contribution is 4.73. The van der Waals surface area contributed by atoms with Gasteiger partial charge in [0.05, 0.1) is 7.18 Å². The highest BCUT2D eigenvalue weighted by Gasteiger charge is 2.38. The Bertz CT molecular complexity index is 57.2. The zero-order valence-corrected chi connectivity index (χ0v) is 4.40. The van der Waals surface area contributed by atoms with Gasteiger partial charge in [-0.25, -0.2) is 8.78 Å². The molecule has 0 amide bonds. The lowest BCUT2D eigenvalue weighted by Crippen LogP contribution is -1.87. The van der Waals surface area contributed by atoms with Crippen molar-refractivity contribution in [3.8, 4) is 0 Å². The van der Waals surface area contributed by atoms with Crippen LogP contribution in [0.5, 0.6) is 0 Å². The van der Waals surface area contributed by atoms with Crippen LogP contribution in [0.25, 0.3) is 0 Å². The van der Waals surface area contributed by atoms with Gasteiger partial charge in [-0.05, 0) is 0 Å². The summed E-state index contributed by atoms with van der Waals surface area (Å²) in [6.45, 7) is -0.693. The molecule has 50 valence electrons. The minimum atomic E-state index is -1.31. The minimum Gasteiger partial charge on any atom is -0.334 e. The molecule has 1 heterocycles. The van der Waals surface area contributed by atoms with E-state index in [2.05, 4.69) is 4.74 Å². The van der Waals surface area contributed by atoms with Crippen molar-refractivity contribution >= 4 is 0 Å². The first-order valence-corrected chi connectivity index (χ1v) is 2.08. The fourth-order valence-corrected chi connectivity index (χ4v) is 0.228. The summed E-state index contributed by atoms with van der Waals surface area (Å²) in [5.41, 5.74) is 0. The van der Waals surface area contributed by atoms with Gasteiger partial charge in [-0.2, -0.15) is 0 Å². The normalized spacial score (nSPS) is 33.0. The first kappa shape index (κ1) is 7.75. The molecule has 1 aliphatic heterocycles. The molecular formula is C4H7F3O. The van der Waals surface area contributed by atoms with Crippen LogP contribution in [0.1, 0.15) is 0 Å². The summed E-state index contributed by atoms with van der Waals surface area (Å²) in [6, 6.07) is 0. The van der Waals surface area contributed by atoms with Crippen molar-refractivity contribution in [2.75, 3.05) is 13.9 Å². The van der Waals surface area contributed by atoms with Crippen LogP contribution in [0.2, 0.25) is 0 Å². The number of rotatable bonds is 1. The zero-order valence-electron chi connectivity index (χ0n) is 4.40. The lowest BCUT2D eigenvalue weighted by Gasteiger charge is -1.67. The number of halogens is 3. The number of hydrogen-bond donors (Lipinski definition) is 0. The van der Waals surface area contributed by atoms with Crippen LogP contribution in [0.3, 0.4) is 0 Å². The van der Waals surface area contributed by atoms with Gasteiger partial charge in [-0.3, -0.25) is 4.39 Å². The first-order valence-electron chi connectivity index (χ1n) is 2.08. The van der Waals surface area contributed by atoms with E-state index in [1.54, 1.807) is 0 Å². The third-order valence-electron chi connectivity index (χ3n) is 0.673. The Labute approximate surface area is 45.4 Å². The fraction of sp³-hybridized carbons (Fsp3) is 1.00. The van der Waals surface area contributed by atoms with Crippen LogP contribution >= 0.6 is 0 Å². The smallest absolute Gasteiger partial charge is 0.228 e. The molecule has 0 aliphatic carbocycles. The predicted molar refractivity (Wildman–Crippen MR) is 22.8 cm³/mol. The molecule has 8 heavy (non-hydrogen) atoms. The zero-order chi connectivity index (χ0) is 6.57. The summed E-state index contributed by atoms with van der Waals surface area (Å²) < 4.78 is 35.9. The molecule has 0 bridgehead atoms. The lowest BCUT2D eigenvalue weighted by molar-refractivity contribution is 0.259. The van der Waals surface area contributed by atoms with Crippen LogP contribution in [0.15, 0.2) is 0 Å². The van der Waals surface area contributed by atoms with E-state index in [0.717, 1.165) is 0 Å². The largest absolute Gasteiger partial charge is 0.334 e. The van der Waals surface area contributed by atoms with Crippen LogP contribution in [0, 0.1) is 0 Å². The van der Waals surface area contributed by atoms with E-state index in [1.807, 2.05) is 0 Å². The Balaban J connectivity index is 0.000000222. The van der Waals surface area contributed by atoms with Gasteiger partial charge in [0.25, 0.3) is 0 Å². The molecular weight excluding hydrogens is 121 g/mol. The van der Waals surface area contributed by atoms with E-state index in [1.165, 1.54) is 0 Å². The molecule has 2 atom stereocenters. The third-order valence-corrected chi connectivity index (χ3v) is 0.673. The Hall–Kier alpha value is -0.250. The second kappa shape index (κ2) is 3.72. The summed E-state index contributed by atoms with van der Waals surface area (Å²) in [5.74, 6) is 0. The topological polar surface area (TPSA) is 12.5 Å². The molecule has 1 rings (SSSR count). The van der Waals surface area contributed by atoms with Gasteiger partial charge in [0, 0.05) is 0 Å². The van der Waals surface area contributed by atoms with Gasteiger partial charge >= 0.3 is 0 Å². The van der Waals surface area contributed by atoms with E-state index >= 15 is 0 Å².